The van der Waals surface area contributed by atoms with Gasteiger partial charge in [-0.15, -0.1) is 0 Å². The van der Waals surface area contributed by atoms with Crippen LogP contribution in [0.1, 0.15) is 12.8 Å². The standard InChI is InChI=1S/C10H21N3O2/c1-12-4-2-5-13(8-7-12)6-3-9(11)10(14)15/h9H,2-8,11H2,1H3,(H,14,15). The first-order chi connectivity index (χ1) is 7.09. The van der Waals surface area contributed by atoms with Crippen molar-refractivity contribution in [2.45, 2.75) is 18.9 Å². The monoisotopic (exact) mass is 215 g/mol. The maximum absolute atomic E-state index is 10.5. The van der Waals surface area contributed by atoms with E-state index in [0.717, 1.165) is 39.1 Å². The Kier molecular flexibility index (Phi) is 5.01. The van der Waals surface area contributed by atoms with E-state index in [1.54, 1.807) is 0 Å². The molecule has 0 saturated carbocycles. The van der Waals surface area contributed by atoms with Crippen LogP contribution in [0, 0.1) is 0 Å². The van der Waals surface area contributed by atoms with Gasteiger partial charge >= 0.3 is 5.97 Å². The first-order valence-electron chi connectivity index (χ1n) is 5.49. The summed E-state index contributed by atoms with van der Waals surface area (Å²) in [6, 6.07) is -0.717. The van der Waals surface area contributed by atoms with Crippen molar-refractivity contribution in [3.63, 3.8) is 0 Å². The van der Waals surface area contributed by atoms with E-state index in [2.05, 4.69) is 16.8 Å². The van der Waals surface area contributed by atoms with Gasteiger partial charge in [0.25, 0.3) is 0 Å². The Morgan fingerprint density at radius 3 is 2.80 bits per heavy atom. The van der Waals surface area contributed by atoms with Crippen molar-refractivity contribution in [3.05, 3.63) is 0 Å². The normalized spacial score (nSPS) is 22.3. The fourth-order valence-electron chi connectivity index (χ4n) is 1.77. The number of aliphatic carboxylic acids is 1. The molecule has 1 unspecified atom stereocenters. The number of nitrogens with zero attached hydrogens (tertiary/aromatic N) is 2. The minimum atomic E-state index is -0.901. The zero-order chi connectivity index (χ0) is 11.3. The summed E-state index contributed by atoms with van der Waals surface area (Å²) in [7, 11) is 2.12. The van der Waals surface area contributed by atoms with Crippen LogP contribution in [0.5, 0.6) is 0 Å². The van der Waals surface area contributed by atoms with Gasteiger partial charge in [-0.1, -0.05) is 0 Å². The van der Waals surface area contributed by atoms with Crippen LogP contribution in [0.25, 0.3) is 0 Å². The minimum Gasteiger partial charge on any atom is -0.480 e. The highest BCUT2D eigenvalue weighted by atomic mass is 16.4. The van der Waals surface area contributed by atoms with E-state index in [-0.39, 0.29) is 0 Å². The molecular weight excluding hydrogens is 194 g/mol. The predicted octanol–water partition coefficient (Wildman–Crippen LogP) is -0.574. The van der Waals surface area contributed by atoms with Crippen LogP contribution in [-0.2, 0) is 4.79 Å². The molecule has 1 atom stereocenters. The second kappa shape index (κ2) is 6.05. The molecule has 0 spiro atoms. The van der Waals surface area contributed by atoms with Gasteiger partial charge in [-0.3, -0.25) is 4.79 Å². The number of carboxylic acid groups (broad SMARTS) is 1. The second-order valence-corrected chi connectivity index (χ2v) is 4.23. The Bertz CT molecular complexity index is 211. The average Bonchev–Trinajstić information content (AvgIpc) is 2.39. The predicted molar refractivity (Wildman–Crippen MR) is 58.8 cm³/mol. The Balaban J connectivity index is 2.23. The second-order valence-electron chi connectivity index (χ2n) is 4.23. The lowest BCUT2D eigenvalue weighted by molar-refractivity contribution is -0.138. The van der Waals surface area contributed by atoms with Crippen molar-refractivity contribution in [1.29, 1.82) is 0 Å². The van der Waals surface area contributed by atoms with E-state index in [9.17, 15) is 4.79 Å². The fraction of sp³-hybridized carbons (Fsp3) is 0.900. The molecule has 5 nitrogen and oxygen atoms in total. The zero-order valence-corrected chi connectivity index (χ0v) is 9.35. The van der Waals surface area contributed by atoms with E-state index in [4.69, 9.17) is 10.8 Å². The topological polar surface area (TPSA) is 69.8 Å². The first-order valence-corrected chi connectivity index (χ1v) is 5.49. The molecule has 0 radical (unpaired) electrons. The number of nitrogens with two attached hydrogens (primary N) is 1. The minimum absolute atomic E-state index is 0.541. The van der Waals surface area contributed by atoms with Gasteiger partial charge in [-0.2, -0.15) is 0 Å². The van der Waals surface area contributed by atoms with Crippen molar-refractivity contribution in [3.8, 4) is 0 Å². The molecule has 1 saturated heterocycles. The summed E-state index contributed by atoms with van der Waals surface area (Å²) < 4.78 is 0. The molecule has 15 heavy (non-hydrogen) atoms. The summed E-state index contributed by atoms with van der Waals surface area (Å²) in [6.07, 6.45) is 1.69. The number of likely N-dealkylation sites (N-methyl/N-ethyl adjacent to an activating group) is 1. The fourth-order valence-corrected chi connectivity index (χ4v) is 1.77. The highest BCUT2D eigenvalue weighted by Crippen LogP contribution is 2.02. The van der Waals surface area contributed by atoms with Crippen molar-refractivity contribution < 1.29 is 9.90 Å². The van der Waals surface area contributed by atoms with E-state index in [0.29, 0.717) is 6.42 Å². The lowest BCUT2D eigenvalue weighted by Gasteiger charge is -2.20. The highest BCUT2D eigenvalue weighted by molar-refractivity contribution is 5.72. The Labute approximate surface area is 90.8 Å². The van der Waals surface area contributed by atoms with Crippen molar-refractivity contribution in [2.24, 2.45) is 5.73 Å². The van der Waals surface area contributed by atoms with E-state index in [1.807, 2.05) is 0 Å². The van der Waals surface area contributed by atoms with E-state index >= 15 is 0 Å². The molecule has 5 heteroatoms. The van der Waals surface area contributed by atoms with Gasteiger partial charge in [0.15, 0.2) is 0 Å². The molecule has 0 aromatic carbocycles. The lowest BCUT2D eigenvalue weighted by Crippen LogP contribution is -2.36. The third kappa shape index (κ3) is 4.59. The van der Waals surface area contributed by atoms with Crippen LogP contribution in [0.2, 0.25) is 0 Å². The van der Waals surface area contributed by atoms with Gasteiger partial charge < -0.3 is 20.6 Å². The molecule has 1 fully saturated rings. The van der Waals surface area contributed by atoms with Gasteiger partial charge in [0.1, 0.15) is 6.04 Å². The van der Waals surface area contributed by atoms with Crippen molar-refractivity contribution >= 4 is 5.97 Å². The van der Waals surface area contributed by atoms with Crippen LogP contribution in [0.15, 0.2) is 0 Å². The quantitative estimate of drug-likeness (QED) is 0.657. The highest BCUT2D eigenvalue weighted by Gasteiger charge is 2.15. The summed E-state index contributed by atoms with van der Waals surface area (Å²) in [6.45, 7) is 5.05. The summed E-state index contributed by atoms with van der Waals surface area (Å²) in [5, 5.41) is 8.66. The molecule has 1 aliphatic rings. The van der Waals surface area contributed by atoms with Crippen LogP contribution < -0.4 is 5.73 Å². The van der Waals surface area contributed by atoms with Gasteiger partial charge in [0.05, 0.1) is 0 Å². The summed E-state index contributed by atoms with van der Waals surface area (Å²) in [4.78, 5) is 15.1. The van der Waals surface area contributed by atoms with Crippen molar-refractivity contribution in [1.82, 2.24) is 9.80 Å². The van der Waals surface area contributed by atoms with Gasteiger partial charge in [0, 0.05) is 19.6 Å². The van der Waals surface area contributed by atoms with Gasteiger partial charge in [0.2, 0.25) is 0 Å². The molecule has 1 rings (SSSR count). The number of rotatable bonds is 4. The lowest BCUT2D eigenvalue weighted by atomic mass is 10.2. The molecule has 0 amide bonds. The molecule has 0 aromatic heterocycles. The largest absolute Gasteiger partial charge is 0.480 e. The molecular formula is C10H21N3O2. The van der Waals surface area contributed by atoms with Crippen LogP contribution in [0.3, 0.4) is 0 Å². The van der Waals surface area contributed by atoms with Crippen LogP contribution >= 0.6 is 0 Å². The molecule has 0 aliphatic carbocycles. The molecule has 88 valence electrons. The number of hydrogen-bond donors (Lipinski definition) is 2. The Morgan fingerprint density at radius 1 is 1.40 bits per heavy atom. The number of carbonyl (C=O) groups is 1. The maximum Gasteiger partial charge on any atom is 0.320 e. The number of carboxylic acids is 1. The average molecular weight is 215 g/mol. The van der Waals surface area contributed by atoms with Crippen LogP contribution in [0.4, 0.5) is 0 Å². The van der Waals surface area contributed by atoms with Gasteiger partial charge in [-0.25, -0.2) is 0 Å². The Morgan fingerprint density at radius 2 is 2.13 bits per heavy atom. The van der Waals surface area contributed by atoms with Crippen LogP contribution in [-0.4, -0.2) is 66.7 Å². The number of hydrogen-bond acceptors (Lipinski definition) is 4. The molecule has 0 bridgehead atoms. The van der Waals surface area contributed by atoms with E-state index < -0.39 is 12.0 Å². The van der Waals surface area contributed by atoms with E-state index in [1.165, 1.54) is 0 Å². The third-order valence-electron chi connectivity index (χ3n) is 2.89. The molecule has 1 aliphatic heterocycles. The zero-order valence-electron chi connectivity index (χ0n) is 9.35. The smallest absolute Gasteiger partial charge is 0.320 e. The summed E-state index contributed by atoms with van der Waals surface area (Å²) in [5.41, 5.74) is 5.46. The molecule has 3 N–H and O–H groups in total. The summed E-state index contributed by atoms with van der Waals surface area (Å²) >= 11 is 0. The molecule has 1 heterocycles. The molecule has 0 aromatic rings. The third-order valence-corrected chi connectivity index (χ3v) is 2.89. The SMILES string of the molecule is CN1CCCN(CCC(N)C(=O)O)CC1. The first kappa shape index (κ1) is 12.4. The van der Waals surface area contributed by atoms with Crippen molar-refractivity contribution in [2.75, 3.05) is 39.8 Å². The van der Waals surface area contributed by atoms with Gasteiger partial charge in [-0.05, 0) is 33.0 Å². The Hall–Kier alpha value is -0.650. The maximum atomic E-state index is 10.5. The summed E-state index contributed by atoms with van der Waals surface area (Å²) in [5.74, 6) is -0.901.